The Morgan fingerprint density at radius 1 is 1.64 bits per heavy atom. The molecule has 0 bridgehead atoms. The van der Waals surface area contributed by atoms with Crippen molar-refractivity contribution in [3.63, 3.8) is 0 Å². The summed E-state index contributed by atoms with van der Waals surface area (Å²) in [6.45, 7) is 3.66. The summed E-state index contributed by atoms with van der Waals surface area (Å²) in [6, 6.07) is -0.0396. The Morgan fingerprint density at radius 3 is 2.57 bits per heavy atom. The summed E-state index contributed by atoms with van der Waals surface area (Å²) in [6.07, 6.45) is 0.891. The molecule has 1 aliphatic heterocycles. The fraction of sp³-hybridized carbons (Fsp3) is 0.375. The largest absolute Gasteiger partial charge is 0.478 e. The third-order valence-corrected chi connectivity index (χ3v) is 2.92. The summed E-state index contributed by atoms with van der Waals surface area (Å²) < 4.78 is 0.414. The summed E-state index contributed by atoms with van der Waals surface area (Å²) in [5, 5.41) is 8.50. The van der Waals surface area contributed by atoms with Crippen LogP contribution in [0.4, 0.5) is 0 Å². The SMILES string of the molecule is CC(C)N1C(=O)/C(=C/C(=O)O)SC1=S. The number of aliphatic carboxylic acids is 1. The van der Waals surface area contributed by atoms with Crippen molar-refractivity contribution in [1.29, 1.82) is 0 Å². The third kappa shape index (κ3) is 2.13. The van der Waals surface area contributed by atoms with Gasteiger partial charge in [-0.1, -0.05) is 24.0 Å². The number of carbonyl (C=O) groups is 2. The Morgan fingerprint density at radius 2 is 2.21 bits per heavy atom. The highest BCUT2D eigenvalue weighted by Crippen LogP contribution is 2.31. The molecule has 0 saturated carbocycles. The molecule has 76 valence electrons. The highest BCUT2D eigenvalue weighted by molar-refractivity contribution is 8.26. The molecule has 1 aliphatic rings. The first kappa shape index (κ1) is 11.2. The number of rotatable bonds is 2. The lowest BCUT2D eigenvalue weighted by Gasteiger charge is -2.18. The molecule has 1 fully saturated rings. The van der Waals surface area contributed by atoms with Crippen molar-refractivity contribution in [2.45, 2.75) is 19.9 Å². The minimum Gasteiger partial charge on any atom is -0.478 e. The second-order valence-corrected chi connectivity index (χ2v) is 4.66. The van der Waals surface area contributed by atoms with Gasteiger partial charge in [0.25, 0.3) is 5.91 Å². The molecule has 1 saturated heterocycles. The molecule has 4 nitrogen and oxygen atoms in total. The Kier molecular flexibility index (Phi) is 3.28. The van der Waals surface area contributed by atoms with E-state index in [4.69, 9.17) is 17.3 Å². The Labute approximate surface area is 91.0 Å². The molecule has 1 heterocycles. The number of carboxylic acid groups (broad SMARTS) is 1. The average Bonchev–Trinajstić information content (AvgIpc) is 2.25. The smallest absolute Gasteiger partial charge is 0.329 e. The lowest BCUT2D eigenvalue weighted by atomic mass is 10.3. The van der Waals surface area contributed by atoms with Crippen LogP contribution < -0.4 is 0 Å². The van der Waals surface area contributed by atoms with Gasteiger partial charge >= 0.3 is 5.97 Å². The van der Waals surface area contributed by atoms with Crippen LogP contribution in [-0.2, 0) is 9.59 Å². The lowest BCUT2D eigenvalue weighted by molar-refractivity contribution is -0.132. The van der Waals surface area contributed by atoms with Crippen LogP contribution in [0.2, 0.25) is 0 Å². The van der Waals surface area contributed by atoms with Gasteiger partial charge in [0.1, 0.15) is 4.32 Å². The highest BCUT2D eigenvalue weighted by Gasteiger charge is 2.34. The van der Waals surface area contributed by atoms with E-state index in [2.05, 4.69) is 0 Å². The molecule has 0 atom stereocenters. The molecule has 0 unspecified atom stereocenters. The first-order valence-corrected chi connectivity index (χ1v) is 5.16. The molecule has 14 heavy (non-hydrogen) atoms. The standard InChI is InChI=1S/C8H9NO3S2/c1-4(2)9-7(12)5(3-6(10)11)14-8(9)13/h3-4H,1-2H3,(H,10,11)/b5-3-. The Bertz CT molecular complexity index is 335. The van der Waals surface area contributed by atoms with Crippen LogP contribution >= 0.6 is 24.0 Å². The molecule has 0 spiro atoms. The van der Waals surface area contributed by atoms with Gasteiger partial charge in [-0.15, -0.1) is 0 Å². The van der Waals surface area contributed by atoms with Gasteiger partial charge in [-0.25, -0.2) is 4.79 Å². The molecule has 0 radical (unpaired) electrons. The van der Waals surface area contributed by atoms with Crippen LogP contribution in [-0.4, -0.2) is 32.2 Å². The van der Waals surface area contributed by atoms with E-state index in [1.165, 1.54) is 4.90 Å². The van der Waals surface area contributed by atoms with E-state index in [1.54, 1.807) is 0 Å². The van der Waals surface area contributed by atoms with Crippen LogP contribution in [0.3, 0.4) is 0 Å². The summed E-state index contributed by atoms with van der Waals surface area (Å²) in [5.41, 5.74) is 0. The predicted octanol–water partition coefficient (Wildman–Crippen LogP) is 1.22. The molecule has 1 rings (SSSR count). The van der Waals surface area contributed by atoms with Crippen LogP contribution in [0.15, 0.2) is 11.0 Å². The second kappa shape index (κ2) is 4.10. The Balaban J connectivity index is 2.96. The minimum absolute atomic E-state index is 0.0396. The fourth-order valence-electron chi connectivity index (χ4n) is 1.04. The molecule has 0 aliphatic carbocycles. The number of thioether (sulfide) groups is 1. The van der Waals surface area contributed by atoms with Gasteiger partial charge in [-0.2, -0.15) is 0 Å². The first-order valence-electron chi connectivity index (χ1n) is 3.93. The van der Waals surface area contributed by atoms with Crippen molar-refractivity contribution >= 4 is 40.2 Å². The summed E-state index contributed by atoms with van der Waals surface area (Å²) in [7, 11) is 0. The maximum Gasteiger partial charge on any atom is 0.329 e. The van der Waals surface area contributed by atoms with Crippen molar-refractivity contribution in [1.82, 2.24) is 4.90 Å². The van der Waals surface area contributed by atoms with Crippen LogP contribution in [0, 0.1) is 0 Å². The van der Waals surface area contributed by atoms with Gasteiger partial charge in [0, 0.05) is 12.1 Å². The molecule has 0 aromatic carbocycles. The molecule has 1 N–H and O–H groups in total. The fourth-order valence-corrected chi connectivity index (χ4v) is 2.53. The zero-order valence-corrected chi connectivity index (χ0v) is 9.32. The zero-order valence-electron chi connectivity index (χ0n) is 7.68. The van der Waals surface area contributed by atoms with Crippen molar-refractivity contribution in [2.24, 2.45) is 0 Å². The monoisotopic (exact) mass is 231 g/mol. The average molecular weight is 231 g/mol. The van der Waals surface area contributed by atoms with Crippen molar-refractivity contribution in [3.8, 4) is 0 Å². The lowest BCUT2D eigenvalue weighted by Crippen LogP contribution is -2.34. The van der Waals surface area contributed by atoms with Gasteiger partial charge in [0.2, 0.25) is 0 Å². The van der Waals surface area contributed by atoms with Crippen molar-refractivity contribution < 1.29 is 14.7 Å². The molecule has 1 amide bonds. The van der Waals surface area contributed by atoms with E-state index in [1.807, 2.05) is 13.8 Å². The van der Waals surface area contributed by atoms with Gasteiger partial charge in [0.15, 0.2) is 0 Å². The van der Waals surface area contributed by atoms with Crippen LogP contribution in [0.1, 0.15) is 13.8 Å². The highest BCUT2D eigenvalue weighted by atomic mass is 32.2. The van der Waals surface area contributed by atoms with E-state index in [0.717, 1.165) is 17.8 Å². The maximum absolute atomic E-state index is 11.6. The molecule has 0 aromatic rings. The van der Waals surface area contributed by atoms with Crippen molar-refractivity contribution in [3.05, 3.63) is 11.0 Å². The third-order valence-electron chi connectivity index (χ3n) is 1.59. The van der Waals surface area contributed by atoms with Crippen LogP contribution in [0.25, 0.3) is 0 Å². The number of carbonyl (C=O) groups excluding carboxylic acids is 1. The zero-order chi connectivity index (χ0) is 10.9. The number of hydrogen-bond donors (Lipinski definition) is 1. The topological polar surface area (TPSA) is 57.6 Å². The van der Waals surface area contributed by atoms with Gasteiger partial charge in [-0.3, -0.25) is 9.69 Å². The molecular weight excluding hydrogens is 222 g/mol. The van der Waals surface area contributed by atoms with E-state index >= 15 is 0 Å². The van der Waals surface area contributed by atoms with Crippen LogP contribution in [0.5, 0.6) is 0 Å². The normalized spacial score (nSPS) is 19.9. The summed E-state index contributed by atoms with van der Waals surface area (Å²) in [5.74, 6) is -1.45. The molecule has 6 heteroatoms. The second-order valence-electron chi connectivity index (χ2n) is 2.98. The van der Waals surface area contributed by atoms with Gasteiger partial charge in [0.05, 0.1) is 4.91 Å². The first-order chi connectivity index (χ1) is 6.43. The predicted molar refractivity (Wildman–Crippen MR) is 57.9 cm³/mol. The van der Waals surface area contributed by atoms with E-state index in [-0.39, 0.29) is 16.9 Å². The molecular formula is C8H9NO3S2. The van der Waals surface area contributed by atoms with E-state index < -0.39 is 5.97 Å². The maximum atomic E-state index is 11.6. The van der Waals surface area contributed by atoms with Crippen molar-refractivity contribution in [2.75, 3.05) is 0 Å². The summed E-state index contributed by atoms with van der Waals surface area (Å²) >= 11 is 5.98. The quantitative estimate of drug-likeness (QED) is 0.572. The Hall–Kier alpha value is -0.880. The minimum atomic E-state index is -1.13. The number of nitrogens with zero attached hydrogens (tertiary/aromatic N) is 1. The van der Waals surface area contributed by atoms with E-state index in [0.29, 0.717) is 4.32 Å². The van der Waals surface area contributed by atoms with Gasteiger partial charge in [-0.05, 0) is 13.8 Å². The number of amides is 1. The summed E-state index contributed by atoms with van der Waals surface area (Å²) in [4.78, 5) is 23.5. The number of hydrogen-bond acceptors (Lipinski definition) is 4. The number of carboxylic acids is 1. The van der Waals surface area contributed by atoms with Gasteiger partial charge < -0.3 is 5.11 Å². The molecule has 0 aromatic heterocycles. The van der Waals surface area contributed by atoms with E-state index in [9.17, 15) is 9.59 Å². The number of thiocarbonyl (C=S) groups is 1.